The quantitative estimate of drug-likeness (QED) is 0.864. The Balaban J connectivity index is 2.03. The molecule has 1 aliphatic heterocycles. The van der Waals surface area contributed by atoms with Crippen molar-refractivity contribution in [1.82, 2.24) is 9.88 Å². The number of nitrogens with zero attached hydrogens (tertiary/aromatic N) is 2. The van der Waals surface area contributed by atoms with Gasteiger partial charge in [0, 0.05) is 19.1 Å². The molecule has 2 N–H and O–H groups in total. The molecule has 1 aromatic rings. The number of carbonyl (C=O) groups is 1. The van der Waals surface area contributed by atoms with E-state index in [1.54, 1.807) is 6.20 Å². The van der Waals surface area contributed by atoms with Crippen LogP contribution in [0.3, 0.4) is 0 Å². The molecule has 5 heteroatoms. The van der Waals surface area contributed by atoms with E-state index in [0.29, 0.717) is 6.54 Å². The fourth-order valence-electron chi connectivity index (χ4n) is 1.87. The number of hydrogen-bond acceptors (Lipinski definition) is 4. The van der Waals surface area contributed by atoms with Crippen molar-refractivity contribution >= 4 is 17.2 Å². The third-order valence-corrected chi connectivity index (χ3v) is 3.79. The van der Waals surface area contributed by atoms with Gasteiger partial charge in [-0.2, -0.15) is 0 Å². The number of rotatable bonds is 3. The van der Waals surface area contributed by atoms with Crippen molar-refractivity contribution in [2.75, 3.05) is 13.1 Å². The number of likely N-dealkylation sites (tertiary alicyclic amines) is 1. The van der Waals surface area contributed by atoms with Gasteiger partial charge in [0.1, 0.15) is 4.88 Å². The highest BCUT2D eigenvalue weighted by molar-refractivity contribution is 7.13. The van der Waals surface area contributed by atoms with Crippen LogP contribution >= 0.6 is 11.3 Å². The normalized spacial score (nSPS) is 20.4. The van der Waals surface area contributed by atoms with Gasteiger partial charge in [0.25, 0.3) is 5.91 Å². The molecule has 1 atom stereocenters. The maximum Gasteiger partial charge on any atom is 0.265 e. The van der Waals surface area contributed by atoms with E-state index in [4.69, 9.17) is 5.73 Å². The first-order chi connectivity index (χ1) is 7.70. The van der Waals surface area contributed by atoms with Crippen molar-refractivity contribution in [1.29, 1.82) is 0 Å². The molecule has 2 rings (SSSR count). The van der Waals surface area contributed by atoms with Gasteiger partial charge in [0.05, 0.1) is 11.2 Å². The molecule has 1 amide bonds. The lowest BCUT2D eigenvalue weighted by Crippen LogP contribution is -2.31. The number of aromatic nitrogens is 1. The van der Waals surface area contributed by atoms with Crippen molar-refractivity contribution in [3.05, 3.63) is 16.1 Å². The van der Waals surface area contributed by atoms with Gasteiger partial charge >= 0.3 is 0 Å². The van der Waals surface area contributed by atoms with Crippen LogP contribution in [0, 0.1) is 0 Å². The van der Waals surface area contributed by atoms with Crippen LogP contribution in [0.1, 0.15) is 34.4 Å². The van der Waals surface area contributed by atoms with Gasteiger partial charge in [-0.05, 0) is 19.3 Å². The summed E-state index contributed by atoms with van der Waals surface area (Å²) in [5.41, 5.74) is 5.79. The lowest BCUT2D eigenvalue weighted by molar-refractivity contribution is 0.0795. The second kappa shape index (κ2) is 4.93. The monoisotopic (exact) mass is 239 g/mol. The minimum absolute atomic E-state index is 0.0906. The largest absolute Gasteiger partial charge is 0.336 e. The summed E-state index contributed by atoms with van der Waals surface area (Å²) in [6.45, 7) is 3.57. The smallest absolute Gasteiger partial charge is 0.265 e. The van der Waals surface area contributed by atoms with Crippen LogP contribution in [0.15, 0.2) is 6.20 Å². The average molecular weight is 239 g/mol. The second-order valence-corrected chi connectivity index (χ2v) is 5.28. The summed E-state index contributed by atoms with van der Waals surface area (Å²) < 4.78 is 0. The molecule has 16 heavy (non-hydrogen) atoms. The number of aryl methyl sites for hydroxylation is 1. The number of nitrogens with two attached hydrogens (primary N) is 1. The average Bonchev–Trinajstić information content (AvgIpc) is 2.87. The van der Waals surface area contributed by atoms with Crippen molar-refractivity contribution in [2.45, 2.75) is 32.2 Å². The lowest BCUT2D eigenvalue weighted by atomic mass is 10.3. The first-order valence-electron chi connectivity index (χ1n) is 5.70. The molecule has 0 saturated carbocycles. The molecule has 0 radical (unpaired) electrons. The molecule has 2 heterocycles. The zero-order valence-corrected chi connectivity index (χ0v) is 10.3. The standard InChI is InChI=1S/C11H17N3OS/c1-2-3-10-13-6-9(16-10)11(15)14-5-4-8(12)7-14/h6,8H,2-5,7,12H2,1H3/t8-/m1/s1. The van der Waals surface area contributed by atoms with Gasteiger partial charge in [0.15, 0.2) is 0 Å². The van der Waals surface area contributed by atoms with Crippen molar-refractivity contribution in [3.8, 4) is 0 Å². The molecule has 0 unspecified atom stereocenters. The summed E-state index contributed by atoms with van der Waals surface area (Å²) in [6.07, 6.45) is 4.63. The Morgan fingerprint density at radius 1 is 1.75 bits per heavy atom. The van der Waals surface area contributed by atoms with E-state index in [0.717, 1.165) is 35.7 Å². The molecule has 0 aliphatic carbocycles. The van der Waals surface area contributed by atoms with Gasteiger partial charge in [-0.25, -0.2) is 4.98 Å². The first kappa shape index (κ1) is 11.5. The maximum absolute atomic E-state index is 12.1. The Hall–Kier alpha value is -0.940. The summed E-state index contributed by atoms with van der Waals surface area (Å²) in [4.78, 5) is 18.9. The van der Waals surface area contributed by atoms with Gasteiger partial charge in [-0.1, -0.05) is 6.92 Å². The zero-order chi connectivity index (χ0) is 11.5. The molecule has 1 aromatic heterocycles. The Morgan fingerprint density at radius 3 is 3.19 bits per heavy atom. The number of carbonyl (C=O) groups excluding carboxylic acids is 1. The molecule has 1 saturated heterocycles. The summed E-state index contributed by atoms with van der Waals surface area (Å²) >= 11 is 1.51. The topological polar surface area (TPSA) is 59.2 Å². The third-order valence-electron chi connectivity index (χ3n) is 2.74. The van der Waals surface area contributed by atoms with Crippen LogP contribution in [0.2, 0.25) is 0 Å². The Bertz CT molecular complexity index is 377. The Kier molecular flexibility index (Phi) is 3.56. The predicted molar refractivity (Wildman–Crippen MR) is 64.6 cm³/mol. The lowest BCUT2D eigenvalue weighted by Gasteiger charge is -2.13. The molecule has 1 fully saturated rings. The molecule has 88 valence electrons. The highest BCUT2D eigenvalue weighted by Gasteiger charge is 2.25. The fourth-order valence-corrected chi connectivity index (χ4v) is 2.85. The summed E-state index contributed by atoms with van der Waals surface area (Å²) in [7, 11) is 0. The van der Waals surface area contributed by atoms with Crippen LogP contribution in [0.5, 0.6) is 0 Å². The van der Waals surface area contributed by atoms with Crippen LogP contribution < -0.4 is 5.73 Å². The van der Waals surface area contributed by atoms with E-state index in [2.05, 4.69) is 11.9 Å². The Morgan fingerprint density at radius 2 is 2.56 bits per heavy atom. The SMILES string of the molecule is CCCc1ncc(C(=O)N2CC[C@@H](N)C2)s1. The van der Waals surface area contributed by atoms with E-state index >= 15 is 0 Å². The van der Waals surface area contributed by atoms with Gasteiger partial charge in [-0.15, -0.1) is 11.3 Å². The van der Waals surface area contributed by atoms with Crippen LogP contribution in [-0.4, -0.2) is 34.9 Å². The number of hydrogen-bond donors (Lipinski definition) is 1. The van der Waals surface area contributed by atoms with Gasteiger partial charge in [-0.3, -0.25) is 4.79 Å². The van der Waals surface area contributed by atoms with E-state index in [9.17, 15) is 4.79 Å². The summed E-state index contributed by atoms with van der Waals surface area (Å²) in [5, 5.41) is 1.05. The highest BCUT2D eigenvalue weighted by atomic mass is 32.1. The minimum Gasteiger partial charge on any atom is -0.336 e. The predicted octanol–water partition coefficient (Wildman–Crippen LogP) is 1.27. The van der Waals surface area contributed by atoms with Crippen LogP contribution in [-0.2, 0) is 6.42 Å². The van der Waals surface area contributed by atoms with E-state index in [1.807, 2.05) is 4.90 Å². The zero-order valence-electron chi connectivity index (χ0n) is 9.48. The first-order valence-corrected chi connectivity index (χ1v) is 6.52. The van der Waals surface area contributed by atoms with E-state index in [-0.39, 0.29) is 11.9 Å². The van der Waals surface area contributed by atoms with Crippen LogP contribution in [0.25, 0.3) is 0 Å². The van der Waals surface area contributed by atoms with Gasteiger partial charge in [0.2, 0.25) is 0 Å². The third kappa shape index (κ3) is 2.41. The summed E-state index contributed by atoms with van der Waals surface area (Å²) in [6, 6.07) is 0.145. The molecule has 1 aliphatic rings. The van der Waals surface area contributed by atoms with Crippen molar-refractivity contribution < 1.29 is 4.79 Å². The number of thiazole rings is 1. The summed E-state index contributed by atoms with van der Waals surface area (Å²) in [5.74, 6) is 0.0906. The van der Waals surface area contributed by atoms with Crippen molar-refractivity contribution in [2.24, 2.45) is 5.73 Å². The second-order valence-electron chi connectivity index (χ2n) is 4.17. The molecule has 0 aromatic carbocycles. The fraction of sp³-hybridized carbons (Fsp3) is 0.636. The highest BCUT2D eigenvalue weighted by Crippen LogP contribution is 2.19. The molecular weight excluding hydrogens is 222 g/mol. The molecular formula is C11H17N3OS. The molecule has 0 spiro atoms. The number of amides is 1. The van der Waals surface area contributed by atoms with Crippen LogP contribution in [0.4, 0.5) is 0 Å². The maximum atomic E-state index is 12.1. The minimum atomic E-state index is 0.0906. The molecule has 0 bridgehead atoms. The van der Waals surface area contributed by atoms with E-state index < -0.39 is 0 Å². The van der Waals surface area contributed by atoms with Gasteiger partial charge < -0.3 is 10.6 Å². The molecule has 4 nitrogen and oxygen atoms in total. The van der Waals surface area contributed by atoms with Crippen molar-refractivity contribution in [3.63, 3.8) is 0 Å². The van der Waals surface area contributed by atoms with E-state index in [1.165, 1.54) is 11.3 Å². The Labute approximate surface area is 99.5 Å².